The maximum atomic E-state index is 11.0. The second-order valence-corrected chi connectivity index (χ2v) is 4.51. The molecule has 1 aromatic heterocycles. The van der Waals surface area contributed by atoms with Crippen LogP contribution in [0.3, 0.4) is 0 Å². The molecule has 0 saturated heterocycles. The number of carbonyl (C=O) groups is 1. The second kappa shape index (κ2) is 5.75. The Morgan fingerprint density at radius 2 is 2.38 bits per heavy atom. The Kier molecular flexibility index (Phi) is 4.61. The number of hydrogen-bond donors (Lipinski definition) is 1. The number of thioether (sulfide) groups is 1. The van der Waals surface area contributed by atoms with Crippen LogP contribution in [0.2, 0.25) is 0 Å². The summed E-state index contributed by atoms with van der Waals surface area (Å²) in [5.41, 5.74) is 0.248. The van der Waals surface area contributed by atoms with Gasteiger partial charge in [-0.2, -0.15) is 11.8 Å². The van der Waals surface area contributed by atoms with E-state index >= 15 is 0 Å². The molecule has 1 rings (SSSR count). The van der Waals surface area contributed by atoms with Gasteiger partial charge >= 0.3 is 5.97 Å². The number of carboxylic acids is 1. The lowest BCUT2D eigenvalue weighted by Crippen LogP contribution is -2.32. The summed E-state index contributed by atoms with van der Waals surface area (Å²) in [6.45, 7) is 2.05. The molecule has 1 N–H and O–H groups in total. The van der Waals surface area contributed by atoms with E-state index in [4.69, 9.17) is 5.11 Å². The summed E-state index contributed by atoms with van der Waals surface area (Å²) >= 11 is 1.73. The molecule has 88 valence electrons. The molecule has 16 heavy (non-hydrogen) atoms. The Balaban J connectivity index is 2.98. The van der Waals surface area contributed by atoms with Crippen molar-refractivity contribution in [3.63, 3.8) is 0 Å². The lowest BCUT2D eigenvalue weighted by molar-refractivity contribution is 0.0697. The number of aromatic carboxylic acids is 1. The number of hydrogen-bond acceptors (Lipinski definition) is 4. The molecule has 0 spiro atoms. The third-order valence-corrected chi connectivity index (χ3v) is 3.24. The van der Waals surface area contributed by atoms with Crippen LogP contribution < -0.4 is 4.90 Å². The molecule has 1 aromatic rings. The largest absolute Gasteiger partial charge is 0.478 e. The van der Waals surface area contributed by atoms with Gasteiger partial charge in [0.15, 0.2) is 0 Å². The molecular formula is C11H16N2O2S. The summed E-state index contributed by atoms with van der Waals surface area (Å²) in [6.07, 6.45) is 3.64. The quantitative estimate of drug-likeness (QED) is 0.852. The molecular weight excluding hydrogens is 224 g/mol. The first-order valence-electron chi connectivity index (χ1n) is 4.98. The number of carboxylic acid groups (broad SMARTS) is 1. The third-order valence-electron chi connectivity index (χ3n) is 2.42. The van der Waals surface area contributed by atoms with Crippen LogP contribution in [0.25, 0.3) is 0 Å². The van der Waals surface area contributed by atoms with E-state index < -0.39 is 5.97 Å². The molecule has 1 atom stereocenters. The molecule has 5 heteroatoms. The first-order valence-corrected chi connectivity index (χ1v) is 6.37. The standard InChI is InChI=1S/C11H16N2O2S/c1-8(7-16-3)13(2)10-9(11(14)15)5-4-6-12-10/h4-6,8H,7H2,1-3H3,(H,14,15). The van der Waals surface area contributed by atoms with E-state index in [1.54, 1.807) is 30.1 Å². The van der Waals surface area contributed by atoms with Gasteiger partial charge in [-0.15, -0.1) is 0 Å². The fraction of sp³-hybridized carbons (Fsp3) is 0.455. The van der Waals surface area contributed by atoms with Crippen LogP contribution in [0.4, 0.5) is 5.82 Å². The predicted molar refractivity (Wildman–Crippen MR) is 67.4 cm³/mol. The number of nitrogens with zero attached hydrogens (tertiary/aromatic N) is 2. The van der Waals surface area contributed by atoms with E-state index in [9.17, 15) is 4.79 Å². The Morgan fingerprint density at radius 1 is 1.69 bits per heavy atom. The van der Waals surface area contributed by atoms with Gasteiger partial charge in [-0.05, 0) is 25.3 Å². The summed E-state index contributed by atoms with van der Waals surface area (Å²) < 4.78 is 0. The van der Waals surface area contributed by atoms with Crippen LogP contribution in [0.1, 0.15) is 17.3 Å². The van der Waals surface area contributed by atoms with Gasteiger partial charge in [0.05, 0.1) is 0 Å². The van der Waals surface area contributed by atoms with Gasteiger partial charge in [-0.3, -0.25) is 0 Å². The minimum atomic E-state index is -0.939. The van der Waals surface area contributed by atoms with Gasteiger partial charge in [-0.25, -0.2) is 9.78 Å². The van der Waals surface area contributed by atoms with Crippen LogP contribution in [0, 0.1) is 0 Å². The van der Waals surface area contributed by atoms with E-state index in [1.807, 2.05) is 18.2 Å². The zero-order chi connectivity index (χ0) is 12.1. The van der Waals surface area contributed by atoms with E-state index in [0.717, 1.165) is 5.75 Å². The van der Waals surface area contributed by atoms with Crippen LogP contribution >= 0.6 is 11.8 Å². The molecule has 0 aromatic carbocycles. The highest BCUT2D eigenvalue weighted by atomic mass is 32.2. The SMILES string of the molecule is CSCC(C)N(C)c1ncccc1C(=O)O. The summed E-state index contributed by atoms with van der Waals surface area (Å²) in [6, 6.07) is 3.47. The number of pyridine rings is 1. The molecule has 0 saturated carbocycles. The molecule has 0 fully saturated rings. The summed E-state index contributed by atoms with van der Waals surface area (Å²) in [5, 5.41) is 9.05. The lowest BCUT2D eigenvalue weighted by Gasteiger charge is -2.26. The summed E-state index contributed by atoms with van der Waals surface area (Å²) in [5.74, 6) is 0.523. The topological polar surface area (TPSA) is 53.4 Å². The molecule has 0 radical (unpaired) electrons. The Hall–Kier alpha value is -1.23. The van der Waals surface area contributed by atoms with E-state index in [0.29, 0.717) is 5.82 Å². The maximum Gasteiger partial charge on any atom is 0.339 e. The molecule has 4 nitrogen and oxygen atoms in total. The minimum absolute atomic E-state index is 0.248. The van der Waals surface area contributed by atoms with Crippen molar-refractivity contribution in [3.05, 3.63) is 23.9 Å². The first-order chi connectivity index (χ1) is 7.57. The number of anilines is 1. The molecule has 1 heterocycles. The number of aromatic nitrogens is 1. The van der Waals surface area contributed by atoms with Crippen molar-refractivity contribution < 1.29 is 9.90 Å². The van der Waals surface area contributed by atoms with E-state index in [2.05, 4.69) is 11.9 Å². The van der Waals surface area contributed by atoms with E-state index in [1.165, 1.54) is 0 Å². The summed E-state index contributed by atoms with van der Waals surface area (Å²) in [4.78, 5) is 17.1. The van der Waals surface area contributed by atoms with E-state index in [-0.39, 0.29) is 11.6 Å². The fourth-order valence-corrected chi connectivity index (χ4v) is 2.11. The van der Waals surface area contributed by atoms with Crippen molar-refractivity contribution in [2.24, 2.45) is 0 Å². The molecule has 0 aliphatic carbocycles. The van der Waals surface area contributed by atoms with Gasteiger partial charge in [0.2, 0.25) is 0 Å². The Bertz CT molecular complexity index is 371. The smallest absolute Gasteiger partial charge is 0.339 e. The van der Waals surface area contributed by atoms with Crippen LogP contribution in [-0.4, -0.2) is 41.2 Å². The predicted octanol–water partition coefficient (Wildman–Crippen LogP) is 1.97. The summed E-state index contributed by atoms with van der Waals surface area (Å²) in [7, 11) is 1.87. The minimum Gasteiger partial charge on any atom is -0.478 e. The third kappa shape index (κ3) is 2.88. The monoisotopic (exact) mass is 240 g/mol. The van der Waals surface area contributed by atoms with Crippen LogP contribution in [0.5, 0.6) is 0 Å². The van der Waals surface area contributed by atoms with Crippen LogP contribution in [-0.2, 0) is 0 Å². The Morgan fingerprint density at radius 3 is 2.94 bits per heavy atom. The average molecular weight is 240 g/mol. The van der Waals surface area contributed by atoms with Gasteiger partial charge in [0, 0.05) is 25.0 Å². The van der Waals surface area contributed by atoms with Crippen molar-refractivity contribution in [1.29, 1.82) is 0 Å². The zero-order valence-electron chi connectivity index (χ0n) is 9.67. The normalized spacial score (nSPS) is 12.2. The molecule has 1 unspecified atom stereocenters. The van der Waals surface area contributed by atoms with Gasteiger partial charge < -0.3 is 10.0 Å². The van der Waals surface area contributed by atoms with Crippen molar-refractivity contribution >= 4 is 23.5 Å². The average Bonchev–Trinajstić information content (AvgIpc) is 2.28. The molecule has 0 aliphatic rings. The lowest BCUT2D eigenvalue weighted by atomic mass is 10.2. The fourth-order valence-electron chi connectivity index (χ4n) is 1.41. The van der Waals surface area contributed by atoms with Gasteiger partial charge in [0.25, 0.3) is 0 Å². The second-order valence-electron chi connectivity index (χ2n) is 3.59. The highest BCUT2D eigenvalue weighted by molar-refractivity contribution is 7.98. The first kappa shape index (κ1) is 12.8. The maximum absolute atomic E-state index is 11.0. The van der Waals surface area contributed by atoms with Crippen molar-refractivity contribution in [3.8, 4) is 0 Å². The molecule has 0 amide bonds. The van der Waals surface area contributed by atoms with Crippen molar-refractivity contribution in [2.45, 2.75) is 13.0 Å². The highest BCUT2D eigenvalue weighted by Gasteiger charge is 2.17. The van der Waals surface area contributed by atoms with Crippen molar-refractivity contribution in [2.75, 3.05) is 24.0 Å². The zero-order valence-corrected chi connectivity index (χ0v) is 10.5. The van der Waals surface area contributed by atoms with Crippen molar-refractivity contribution in [1.82, 2.24) is 4.98 Å². The van der Waals surface area contributed by atoms with Gasteiger partial charge in [0.1, 0.15) is 11.4 Å². The van der Waals surface area contributed by atoms with Gasteiger partial charge in [-0.1, -0.05) is 0 Å². The molecule has 0 aliphatic heterocycles. The van der Waals surface area contributed by atoms with Crippen LogP contribution in [0.15, 0.2) is 18.3 Å². The molecule has 0 bridgehead atoms. The number of rotatable bonds is 5. The Labute approximate surface area is 99.7 Å². The highest BCUT2D eigenvalue weighted by Crippen LogP contribution is 2.19.